The van der Waals surface area contributed by atoms with Crippen LogP contribution in [0.5, 0.6) is 0 Å². The van der Waals surface area contributed by atoms with E-state index in [1.165, 1.54) is 6.92 Å². The van der Waals surface area contributed by atoms with Crippen molar-refractivity contribution in [3.05, 3.63) is 29.8 Å². The fourth-order valence-electron chi connectivity index (χ4n) is 2.22. The Hall–Kier alpha value is -1.92. The van der Waals surface area contributed by atoms with Crippen LogP contribution in [0, 0.1) is 0 Å². The van der Waals surface area contributed by atoms with Crippen molar-refractivity contribution in [2.75, 3.05) is 25.1 Å². The average Bonchev–Trinajstić information content (AvgIpc) is 2.45. The van der Waals surface area contributed by atoms with E-state index in [9.17, 15) is 14.7 Å². The molecule has 0 saturated carbocycles. The first-order valence-corrected chi connectivity index (χ1v) is 6.94. The van der Waals surface area contributed by atoms with Crippen LogP contribution < -0.4 is 10.6 Å². The van der Waals surface area contributed by atoms with Crippen LogP contribution >= 0.6 is 0 Å². The fourth-order valence-corrected chi connectivity index (χ4v) is 2.22. The number of hydrogen-bond donors (Lipinski definition) is 3. The molecular weight excluding hydrogens is 272 g/mol. The Morgan fingerprint density at radius 1 is 1.33 bits per heavy atom. The standard InChI is InChI=1S/C15H20N2O4/c1-11(18)17-13-4-2-3-12(9-13)14(19)16-10-15(20)5-7-21-8-6-15/h2-4,9,20H,5-8,10H2,1H3,(H,16,19)(H,17,18). The highest BCUT2D eigenvalue weighted by molar-refractivity contribution is 5.96. The van der Waals surface area contributed by atoms with Crippen molar-refractivity contribution in [2.45, 2.75) is 25.4 Å². The van der Waals surface area contributed by atoms with Crippen molar-refractivity contribution in [2.24, 2.45) is 0 Å². The van der Waals surface area contributed by atoms with Gasteiger partial charge in [-0.25, -0.2) is 0 Å². The van der Waals surface area contributed by atoms with E-state index in [1.54, 1.807) is 24.3 Å². The number of aliphatic hydroxyl groups is 1. The molecule has 6 heteroatoms. The fraction of sp³-hybridized carbons (Fsp3) is 0.467. The van der Waals surface area contributed by atoms with E-state index in [2.05, 4.69) is 10.6 Å². The summed E-state index contributed by atoms with van der Waals surface area (Å²) in [5.41, 5.74) is 0.111. The predicted octanol–water partition coefficient (Wildman–Crippen LogP) is 0.916. The quantitative estimate of drug-likeness (QED) is 0.770. The lowest BCUT2D eigenvalue weighted by Crippen LogP contribution is -2.46. The molecule has 3 N–H and O–H groups in total. The van der Waals surface area contributed by atoms with Gasteiger partial charge in [-0.1, -0.05) is 6.07 Å². The number of amides is 2. The van der Waals surface area contributed by atoms with Crippen LogP contribution in [0.4, 0.5) is 5.69 Å². The van der Waals surface area contributed by atoms with Crippen molar-refractivity contribution < 1.29 is 19.4 Å². The minimum atomic E-state index is -0.900. The third kappa shape index (κ3) is 4.54. The van der Waals surface area contributed by atoms with Crippen LogP contribution in [-0.2, 0) is 9.53 Å². The van der Waals surface area contributed by atoms with Gasteiger partial charge in [-0.3, -0.25) is 9.59 Å². The number of nitrogens with one attached hydrogen (secondary N) is 2. The first kappa shape index (κ1) is 15.5. The summed E-state index contributed by atoms with van der Waals surface area (Å²) in [6.07, 6.45) is 1.03. The van der Waals surface area contributed by atoms with Gasteiger partial charge in [0.05, 0.1) is 5.60 Å². The maximum absolute atomic E-state index is 12.1. The van der Waals surface area contributed by atoms with E-state index in [0.29, 0.717) is 37.3 Å². The summed E-state index contributed by atoms with van der Waals surface area (Å²) in [6.45, 7) is 2.61. The molecule has 1 fully saturated rings. The molecule has 2 amide bonds. The molecule has 0 aromatic heterocycles. The predicted molar refractivity (Wildman–Crippen MR) is 78.1 cm³/mol. The topological polar surface area (TPSA) is 87.7 Å². The minimum absolute atomic E-state index is 0.191. The summed E-state index contributed by atoms with van der Waals surface area (Å²) in [5, 5.41) is 15.6. The number of ether oxygens (including phenoxy) is 1. The second-order valence-electron chi connectivity index (χ2n) is 5.28. The summed E-state index contributed by atoms with van der Waals surface area (Å²) in [5.74, 6) is -0.466. The van der Waals surface area contributed by atoms with Crippen LogP contribution in [0.3, 0.4) is 0 Å². The molecule has 0 spiro atoms. The highest BCUT2D eigenvalue weighted by Crippen LogP contribution is 2.19. The van der Waals surface area contributed by atoms with Gasteiger partial charge in [-0.2, -0.15) is 0 Å². The largest absolute Gasteiger partial charge is 0.388 e. The van der Waals surface area contributed by atoms with Gasteiger partial charge in [0.15, 0.2) is 0 Å². The van der Waals surface area contributed by atoms with Gasteiger partial charge in [0, 0.05) is 50.8 Å². The van der Waals surface area contributed by atoms with Gasteiger partial charge in [0.1, 0.15) is 0 Å². The normalized spacial score (nSPS) is 17.0. The number of hydrogen-bond acceptors (Lipinski definition) is 4. The third-order valence-electron chi connectivity index (χ3n) is 3.45. The number of carbonyl (C=O) groups is 2. The molecule has 1 saturated heterocycles. The van der Waals surface area contributed by atoms with Crippen LogP contribution in [-0.4, -0.2) is 42.3 Å². The van der Waals surface area contributed by atoms with E-state index in [-0.39, 0.29) is 18.4 Å². The van der Waals surface area contributed by atoms with Crippen LogP contribution in [0.15, 0.2) is 24.3 Å². The lowest BCUT2D eigenvalue weighted by molar-refractivity contribution is -0.114. The molecule has 1 heterocycles. The van der Waals surface area contributed by atoms with E-state index >= 15 is 0 Å². The molecule has 114 valence electrons. The average molecular weight is 292 g/mol. The lowest BCUT2D eigenvalue weighted by atomic mass is 9.94. The smallest absolute Gasteiger partial charge is 0.251 e. The minimum Gasteiger partial charge on any atom is -0.388 e. The van der Waals surface area contributed by atoms with E-state index in [1.807, 2.05) is 0 Å². The molecule has 0 radical (unpaired) electrons. The van der Waals surface area contributed by atoms with E-state index in [0.717, 1.165) is 0 Å². The van der Waals surface area contributed by atoms with Gasteiger partial charge in [0.25, 0.3) is 5.91 Å². The van der Waals surface area contributed by atoms with Crippen LogP contribution in [0.1, 0.15) is 30.1 Å². The lowest BCUT2D eigenvalue weighted by Gasteiger charge is -2.32. The summed E-state index contributed by atoms with van der Waals surface area (Å²) in [7, 11) is 0. The second-order valence-corrected chi connectivity index (χ2v) is 5.28. The first-order valence-electron chi connectivity index (χ1n) is 6.94. The third-order valence-corrected chi connectivity index (χ3v) is 3.45. The summed E-state index contributed by atoms with van der Waals surface area (Å²) in [4.78, 5) is 23.1. The van der Waals surface area contributed by atoms with Crippen molar-refractivity contribution in [1.29, 1.82) is 0 Å². The summed E-state index contributed by atoms with van der Waals surface area (Å²) in [6, 6.07) is 6.67. The summed E-state index contributed by atoms with van der Waals surface area (Å²) < 4.78 is 5.20. The zero-order chi connectivity index (χ0) is 15.3. The molecule has 1 aliphatic heterocycles. The maximum Gasteiger partial charge on any atom is 0.251 e. The molecule has 1 aliphatic rings. The highest BCUT2D eigenvalue weighted by Gasteiger charge is 2.30. The Labute approximate surface area is 123 Å². The van der Waals surface area contributed by atoms with Crippen LogP contribution in [0.25, 0.3) is 0 Å². The molecular formula is C15H20N2O4. The molecule has 0 aliphatic carbocycles. The Bertz CT molecular complexity index is 524. The van der Waals surface area contributed by atoms with E-state index < -0.39 is 5.60 Å². The molecule has 1 aromatic carbocycles. The molecule has 0 unspecified atom stereocenters. The number of benzene rings is 1. The van der Waals surface area contributed by atoms with Crippen molar-refractivity contribution in [1.82, 2.24) is 5.32 Å². The highest BCUT2D eigenvalue weighted by atomic mass is 16.5. The van der Waals surface area contributed by atoms with Gasteiger partial charge in [-0.05, 0) is 18.2 Å². The van der Waals surface area contributed by atoms with Crippen molar-refractivity contribution in [3.8, 4) is 0 Å². The Morgan fingerprint density at radius 2 is 2.05 bits per heavy atom. The number of carbonyl (C=O) groups excluding carboxylic acids is 2. The van der Waals surface area contributed by atoms with Crippen LogP contribution in [0.2, 0.25) is 0 Å². The molecule has 0 bridgehead atoms. The number of anilines is 1. The van der Waals surface area contributed by atoms with Gasteiger partial charge < -0.3 is 20.5 Å². The molecule has 6 nitrogen and oxygen atoms in total. The Kier molecular flexibility index (Phi) is 4.93. The molecule has 21 heavy (non-hydrogen) atoms. The van der Waals surface area contributed by atoms with Crippen molar-refractivity contribution in [3.63, 3.8) is 0 Å². The summed E-state index contributed by atoms with van der Waals surface area (Å²) >= 11 is 0. The number of rotatable bonds is 4. The molecule has 2 rings (SSSR count). The monoisotopic (exact) mass is 292 g/mol. The SMILES string of the molecule is CC(=O)Nc1cccc(C(=O)NCC2(O)CCOCC2)c1. The molecule has 1 aromatic rings. The second kappa shape index (κ2) is 6.69. The van der Waals surface area contributed by atoms with Crippen molar-refractivity contribution >= 4 is 17.5 Å². The van der Waals surface area contributed by atoms with Gasteiger partial charge in [0.2, 0.25) is 5.91 Å². The zero-order valence-corrected chi connectivity index (χ0v) is 12.0. The van der Waals surface area contributed by atoms with Gasteiger partial charge in [-0.15, -0.1) is 0 Å². The maximum atomic E-state index is 12.1. The Balaban J connectivity index is 1.95. The molecule has 0 atom stereocenters. The Morgan fingerprint density at radius 3 is 2.71 bits per heavy atom. The van der Waals surface area contributed by atoms with Gasteiger partial charge >= 0.3 is 0 Å². The first-order chi connectivity index (χ1) is 9.98. The van der Waals surface area contributed by atoms with E-state index in [4.69, 9.17) is 4.74 Å². The zero-order valence-electron chi connectivity index (χ0n) is 12.0.